The molecule has 6 aromatic rings. The number of rotatable bonds is 18. The first-order chi connectivity index (χ1) is 33.7. The van der Waals surface area contributed by atoms with Crippen LogP contribution in [0.2, 0.25) is 18.1 Å². The normalized spacial score (nSPS) is 18.9. The molecule has 4 atom stereocenters. The molecule has 71 heavy (non-hydrogen) atoms. The summed E-state index contributed by atoms with van der Waals surface area (Å²) in [5.74, 6) is 1.29. The van der Waals surface area contributed by atoms with Crippen LogP contribution in [0.1, 0.15) is 89.2 Å². The van der Waals surface area contributed by atoms with Crippen LogP contribution in [-0.4, -0.2) is 84.3 Å². The molecule has 2 fully saturated rings. The van der Waals surface area contributed by atoms with E-state index in [2.05, 4.69) is 38.8 Å². The van der Waals surface area contributed by atoms with Gasteiger partial charge in [-0.05, 0) is 99.3 Å². The van der Waals surface area contributed by atoms with E-state index in [9.17, 15) is 0 Å². The predicted octanol–water partition coefficient (Wildman–Crippen LogP) is 11.6. The van der Waals surface area contributed by atoms with Gasteiger partial charge in [-0.1, -0.05) is 106 Å². The highest BCUT2D eigenvalue weighted by Gasteiger charge is 2.61. The van der Waals surface area contributed by atoms with E-state index in [0.29, 0.717) is 48.1 Å². The van der Waals surface area contributed by atoms with Gasteiger partial charge in [0.25, 0.3) is 0 Å². The van der Waals surface area contributed by atoms with E-state index >= 15 is 4.79 Å². The second kappa shape index (κ2) is 21.0. The van der Waals surface area contributed by atoms with Gasteiger partial charge in [0.05, 0.1) is 39.5 Å². The Kier molecular flexibility index (Phi) is 15.2. The molecule has 378 valence electrons. The SMILES string of the molecule is COc1ccc(CN(Cc2ccc(OC)cc2)c2nc(OCc3ccccc3)c3c(n2)c(C2C4OC(C)(C)OC4C(CO[Si](C)(C)C(C)(C)C)N2C(=O)OC(C)(C)C)cn3COCc2ccccc2)cc1. The molecule has 0 spiro atoms. The molecule has 8 rings (SSSR count). The quantitative estimate of drug-likeness (QED) is 0.0760. The molecule has 14 nitrogen and oxygen atoms in total. The first-order valence-corrected chi connectivity index (χ1v) is 27.3. The van der Waals surface area contributed by atoms with Crippen LogP contribution < -0.4 is 19.1 Å². The van der Waals surface area contributed by atoms with Crippen LogP contribution in [0, 0.1) is 0 Å². The monoisotopic (exact) mass is 986 g/mol. The van der Waals surface area contributed by atoms with Crippen molar-refractivity contribution in [1.29, 1.82) is 0 Å². The Balaban J connectivity index is 1.34. The number of anilines is 1. The Bertz CT molecular complexity index is 2670. The van der Waals surface area contributed by atoms with Crippen LogP contribution in [0.15, 0.2) is 115 Å². The number of amides is 1. The second-order valence-corrected chi connectivity index (χ2v) is 26.2. The summed E-state index contributed by atoms with van der Waals surface area (Å²) >= 11 is 0. The fourth-order valence-electron chi connectivity index (χ4n) is 8.86. The Morgan fingerprint density at radius 2 is 1.28 bits per heavy atom. The number of ether oxygens (including phenoxy) is 7. The molecule has 4 aromatic carbocycles. The second-order valence-electron chi connectivity index (χ2n) is 21.4. The van der Waals surface area contributed by atoms with Crippen molar-refractivity contribution < 1.29 is 42.4 Å². The van der Waals surface area contributed by atoms with Crippen molar-refractivity contribution in [2.75, 3.05) is 25.7 Å². The third-order valence-electron chi connectivity index (χ3n) is 13.5. The predicted molar refractivity (Wildman–Crippen MR) is 277 cm³/mol. The average Bonchev–Trinajstić information content (AvgIpc) is 3.95. The van der Waals surface area contributed by atoms with Gasteiger partial charge in [0.15, 0.2) is 14.1 Å². The van der Waals surface area contributed by atoms with Gasteiger partial charge in [0.1, 0.15) is 53.7 Å². The van der Waals surface area contributed by atoms with Crippen LogP contribution in [0.3, 0.4) is 0 Å². The number of fused-ring (bicyclic) bond motifs is 2. The molecule has 0 saturated carbocycles. The van der Waals surface area contributed by atoms with Crippen LogP contribution in [0.25, 0.3) is 11.0 Å². The molecular weight excluding hydrogens is 915 g/mol. The van der Waals surface area contributed by atoms with Crippen LogP contribution in [0.4, 0.5) is 10.7 Å². The Hall–Kier alpha value is -5.97. The molecule has 2 saturated heterocycles. The molecule has 15 heteroatoms. The highest BCUT2D eigenvalue weighted by atomic mass is 28.4. The molecule has 2 aliphatic heterocycles. The van der Waals surface area contributed by atoms with Crippen LogP contribution >= 0.6 is 0 Å². The Labute approximate surface area is 420 Å². The van der Waals surface area contributed by atoms with E-state index in [-0.39, 0.29) is 25.0 Å². The molecule has 4 unspecified atom stereocenters. The number of hydrogen-bond donors (Lipinski definition) is 0. The molecule has 2 aromatic heterocycles. The molecular formula is C56H71N5O9Si. The summed E-state index contributed by atoms with van der Waals surface area (Å²) in [6, 6.07) is 34.7. The summed E-state index contributed by atoms with van der Waals surface area (Å²) in [6.07, 6.45) is 0.280. The van der Waals surface area contributed by atoms with Gasteiger partial charge in [0, 0.05) is 24.8 Å². The zero-order valence-electron chi connectivity index (χ0n) is 43.4. The smallest absolute Gasteiger partial charge is 0.411 e. The van der Waals surface area contributed by atoms with E-state index in [0.717, 1.165) is 33.8 Å². The minimum atomic E-state index is -2.34. The lowest BCUT2D eigenvalue weighted by Gasteiger charge is -2.40. The maximum Gasteiger partial charge on any atom is 0.411 e. The standard InChI is InChI=1S/C56H71N5O9Si/c1-54(2,3)70-53(62)61-45(36-67-71(11,12)55(4,5)6)49-50(69-56(7,8)68-49)47(61)44-33-60(37-65-34-40-19-15-13-16-20-40)48-46(44)57-52(58-51(48)66-35-41-21-17-14-18-22-41)59(31-38-23-27-42(63-9)28-24-38)32-39-25-29-43(64-10)30-26-39/h13-30,33,45,47,49-50H,31-32,34-37H2,1-12H3. The van der Waals surface area contributed by atoms with Gasteiger partial charge in [0.2, 0.25) is 11.8 Å². The lowest BCUT2D eigenvalue weighted by molar-refractivity contribution is -0.168. The third kappa shape index (κ3) is 12.0. The van der Waals surface area contributed by atoms with E-state index < -0.39 is 50.1 Å². The molecule has 0 radical (unpaired) electrons. The maximum atomic E-state index is 15.1. The minimum Gasteiger partial charge on any atom is -0.497 e. The number of nitrogens with zero attached hydrogens (tertiary/aromatic N) is 5. The molecule has 4 heterocycles. The van der Waals surface area contributed by atoms with E-state index in [1.54, 1.807) is 19.1 Å². The van der Waals surface area contributed by atoms with Gasteiger partial charge in [-0.25, -0.2) is 9.78 Å². The van der Waals surface area contributed by atoms with Gasteiger partial charge < -0.3 is 47.1 Å². The number of methoxy groups -OCH3 is 2. The van der Waals surface area contributed by atoms with Gasteiger partial charge in [-0.15, -0.1) is 0 Å². The molecule has 0 N–H and O–H groups in total. The summed E-state index contributed by atoms with van der Waals surface area (Å²) in [6.45, 7) is 22.3. The zero-order valence-corrected chi connectivity index (χ0v) is 44.4. The summed E-state index contributed by atoms with van der Waals surface area (Å²) in [5, 5.41) is -0.0897. The number of carbonyl (C=O) groups excluding carboxylic acids is 1. The average molecular weight is 986 g/mol. The topological polar surface area (TPSA) is 128 Å². The van der Waals surface area contributed by atoms with E-state index in [1.807, 2.05) is 155 Å². The van der Waals surface area contributed by atoms with Crippen molar-refractivity contribution in [1.82, 2.24) is 19.4 Å². The van der Waals surface area contributed by atoms with Crippen LogP contribution in [-0.2, 0) is 56.4 Å². The largest absolute Gasteiger partial charge is 0.497 e. The minimum absolute atomic E-state index is 0.0897. The summed E-state index contributed by atoms with van der Waals surface area (Å²) in [4.78, 5) is 29.9. The fraction of sp³-hybridized carbons (Fsp3) is 0.446. The number of benzene rings is 4. The summed E-state index contributed by atoms with van der Waals surface area (Å²) in [5.41, 5.74) is 5.05. The third-order valence-corrected chi connectivity index (χ3v) is 18.0. The fourth-order valence-corrected chi connectivity index (χ4v) is 9.88. The van der Waals surface area contributed by atoms with E-state index in [4.69, 9.17) is 47.6 Å². The zero-order chi connectivity index (χ0) is 50.7. The molecule has 2 aliphatic rings. The lowest BCUT2D eigenvalue weighted by Crippen LogP contribution is -2.50. The lowest BCUT2D eigenvalue weighted by atomic mass is 10.0. The van der Waals surface area contributed by atoms with Crippen molar-refractivity contribution in [2.45, 2.75) is 142 Å². The first kappa shape index (κ1) is 51.4. The van der Waals surface area contributed by atoms with Gasteiger partial charge in [-0.3, -0.25) is 4.90 Å². The Morgan fingerprint density at radius 3 is 1.82 bits per heavy atom. The first-order valence-electron chi connectivity index (χ1n) is 24.4. The number of likely N-dealkylation sites (tertiary alicyclic amines) is 1. The summed E-state index contributed by atoms with van der Waals surface area (Å²) < 4.78 is 53.5. The van der Waals surface area contributed by atoms with Crippen molar-refractivity contribution in [3.05, 3.63) is 143 Å². The summed E-state index contributed by atoms with van der Waals surface area (Å²) in [7, 11) is 0.976. The van der Waals surface area contributed by atoms with Crippen molar-refractivity contribution >= 4 is 31.4 Å². The molecule has 1 amide bonds. The van der Waals surface area contributed by atoms with Gasteiger partial charge in [-0.2, -0.15) is 4.98 Å². The van der Waals surface area contributed by atoms with Crippen molar-refractivity contribution in [2.24, 2.45) is 0 Å². The van der Waals surface area contributed by atoms with Gasteiger partial charge >= 0.3 is 6.09 Å². The highest BCUT2D eigenvalue weighted by molar-refractivity contribution is 6.74. The van der Waals surface area contributed by atoms with E-state index in [1.165, 1.54) is 0 Å². The van der Waals surface area contributed by atoms with Crippen molar-refractivity contribution in [3.63, 3.8) is 0 Å². The molecule has 0 aliphatic carbocycles. The van der Waals surface area contributed by atoms with Crippen LogP contribution in [0.5, 0.6) is 17.4 Å². The Morgan fingerprint density at radius 1 is 0.732 bits per heavy atom. The molecule has 0 bridgehead atoms. The maximum absolute atomic E-state index is 15.1. The number of aromatic nitrogens is 3. The highest BCUT2D eigenvalue weighted by Crippen LogP contribution is 2.51. The van der Waals surface area contributed by atoms with Crippen molar-refractivity contribution in [3.8, 4) is 17.4 Å². The number of carbonyl (C=O) groups is 1. The number of hydrogen-bond acceptors (Lipinski definition) is 12.